The fourth-order valence-electron chi connectivity index (χ4n) is 3.58. The number of rotatable bonds is 3. The topological polar surface area (TPSA) is 43.3 Å². The van der Waals surface area contributed by atoms with Crippen molar-refractivity contribution in [3.8, 4) is 21.7 Å². The first kappa shape index (κ1) is 16.1. The van der Waals surface area contributed by atoms with Crippen molar-refractivity contribution in [1.82, 2.24) is 9.38 Å². The Balaban J connectivity index is 1.91. The van der Waals surface area contributed by atoms with Crippen LogP contribution in [0.3, 0.4) is 0 Å². The first-order valence-corrected chi connectivity index (χ1v) is 9.24. The molecule has 0 radical (unpaired) electrons. The summed E-state index contributed by atoms with van der Waals surface area (Å²) >= 11 is 1.71. The molecular weight excluding hydrogens is 326 g/mol. The summed E-state index contributed by atoms with van der Waals surface area (Å²) in [6.45, 7) is 6.90. The molecule has 2 aromatic carbocycles. The van der Waals surface area contributed by atoms with Crippen LogP contribution in [-0.2, 0) is 6.54 Å². The molecule has 126 valence electrons. The molecule has 0 saturated heterocycles. The van der Waals surface area contributed by atoms with Crippen molar-refractivity contribution in [1.29, 1.82) is 0 Å². The molecule has 2 aromatic heterocycles. The summed E-state index contributed by atoms with van der Waals surface area (Å²) in [5.41, 5.74) is 14.4. The molecule has 25 heavy (non-hydrogen) atoms. The van der Waals surface area contributed by atoms with E-state index in [1.165, 1.54) is 32.7 Å². The quantitative estimate of drug-likeness (QED) is 0.559. The monoisotopic (exact) mass is 347 g/mol. The summed E-state index contributed by atoms with van der Waals surface area (Å²) in [6, 6.07) is 14.8. The third-order valence-electron chi connectivity index (χ3n) is 4.59. The van der Waals surface area contributed by atoms with Crippen LogP contribution in [0.15, 0.2) is 48.7 Å². The molecular formula is C21H21N3S. The number of fused-ring (bicyclic) bond motifs is 1. The van der Waals surface area contributed by atoms with Crippen LogP contribution in [0.2, 0.25) is 0 Å². The van der Waals surface area contributed by atoms with Crippen molar-refractivity contribution in [2.24, 2.45) is 5.73 Å². The van der Waals surface area contributed by atoms with Gasteiger partial charge in [0.1, 0.15) is 0 Å². The van der Waals surface area contributed by atoms with Gasteiger partial charge in [0, 0.05) is 18.3 Å². The highest BCUT2D eigenvalue weighted by molar-refractivity contribution is 7.20. The van der Waals surface area contributed by atoms with Crippen molar-refractivity contribution in [3.63, 3.8) is 0 Å². The predicted molar refractivity (Wildman–Crippen MR) is 106 cm³/mol. The van der Waals surface area contributed by atoms with E-state index in [-0.39, 0.29) is 0 Å². The highest BCUT2D eigenvalue weighted by Gasteiger charge is 2.19. The smallest absolute Gasteiger partial charge is 0.195 e. The van der Waals surface area contributed by atoms with E-state index in [0.29, 0.717) is 6.54 Å². The summed E-state index contributed by atoms with van der Waals surface area (Å²) in [5, 5.41) is 0. The lowest BCUT2D eigenvalue weighted by atomic mass is 9.96. The number of imidazole rings is 1. The highest BCUT2D eigenvalue weighted by atomic mass is 32.1. The fourth-order valence-corrected chi connectivity index (χ4v) is 4.58. The number of hydrogen-bond acceptors (Lipinski definition) is 3. The van der Waals surface area contributed by atoms with E-state index < -0.39 is 0 Å². The van der Waals surface area contributed by atoms with Crippen molar-refractivity contribution in [2.75, 3.05) is 0 Å². The van der Waals surface area contributed by atoms with E-state index in [0.717, 1.165) is 16.3 Å². The molecule has 0 spiro atoms. The summed E-state index contributed by atoms with van der Waals surface area (Å²) < 4.78 is 2.15. The summed E-state index contributed by atoms with van der Waals surface area (Å²) in [7, 11) is 0. The summed E-state index contributed by atoms with van der Waals surface area (Å²) in [4.78, 5) is 7.16. The standard InChI is InChI=1S/C21H21N3S/c1-13-9-14(2)19(15(3)10-13)20-17(11-22)24-12-18(25-21(24)23-20)16-7-5-4-6-8-16/h4-10,12H,11,22H2,1-3H3. The van der Waals surface area contributed by atoms with Gasteiger partial charge < -0.3 is 5.73 Å². The number of hydrogen-bond donors (Lipinski definition) is 1. The lowest BCUT2D eigenvalue weighted by Crippen LogP contribution is -2.03. The van der Waals surface area contributed by atoms with Crippen LogP contribution in [0.5, 0.6) is 0 Å². The summed E-state index contributed by atoms with van der Waals surface area (Å²) in [6.07, 6.45) is 2.16. The van der Waals surface area contributed by atoms with Gasteiger partial charge in [-0.2, -0.15) is 0 Å². The van der Waals surface area contributed by atoms with Crippen LogP contribution in [0.25, 0.3) is 26.7 Å². The Morgan fingerprint density at radius 1 is 1.04 bits per heavy atom. The predicted octanol–water partition coefficient (Wildman–Crippen LogP) is 5.11. The number of aryl methyl sites for hydroxylation is 3. The molecule has 2 heterocycles. The molecule has 4 aromatic rings. The van der Waals surface area contributed by atoms with Crippen molar-refractivity contribution >= 4 is 16.3 Å². The number of thiazole rings is 1. The van der Waals surface area contributed by atoms with Gasteiger partial charge in [0.25, 0.3) is 0 Å². The van der Waals surface area contributed by atoms with E-state index in [4.69, 9.17) is 10.7 Å². The Morgan fingerprint density at radius 2 is 1.72 bits per heavy atom. The number of nitrogens with two attached hydrogens (primary N) is 1. The van der Waals surface area contributed by atoms with Gasteiger partial charge in [0.2, 0.25) is 0 Å². The normalized spacial score (nSPS) is 11.4. The van der Waals surface area contributed by atoms with Gasteiger partial charge in [-0.1, -0.05) is 59.4 Å². The van der Waals surface area contributed by atoms with Crippen LogP contribution < -0.4 is 5.73 Å². The second kappa shape index (κ2) is 6.14. The highest BCUT2D eigenvalue weighted by Crippen LogP contribution is 2.35. The largest absolute Gasteiger partial charge is 0.325 e. The average molecular weight is 347 g/mol. The Morgan fingerprint density at radius 3 is 2.36 bits per heavy atom. The SMILES string of the molecule is Cc1cc(C)c(-c2nc3sc(-c4ccccc4)cn3c2CN)c(C)c1. The lowest BCUT2D eigenvalue weighted by Gasteiger charge is -2.11. The Hall–Kier alpha value is -2.43. The molecule has 0 aliphatic rings. The molecule has 0 fully saturated rings. The molecule has 3 nitrogen and oxygen atoms in total. The molecule has 0 unspecified atom stereocenters. The molecule has 0 saturated carbocycles. The second-order valence-electron chi connectivity index (χ2n) is 6.50. The minimum absolute atomic E-state index is 0.466. The lowest BCUT2D eigenvalue weighted by molar-refractivity contribution is 0.969. The van der Waals surface area contributed by atoms with Gasteiger partial charge in [0.15, 0.2) is 4.96 Å². The van der Waals surface area contributed by atoms with E-state index in [9.17, 15) is 0 Å². The minimum Gasteiger partial charge on any atom is -0.325 e. The van der Waals surface area contributed by atoms with Crippen LogP contribution in [0.4, 0.5) is 0 Å². The van der Waals surface area contributed by atoms with E-state index in [2.05, 4.69) is 67.8 Å². The zero-order valence-electron chi connectivity index (χ0n) is 14.7. The average Bonchev–Trinajstić information content (AvgIpc) is 3.12. The summed E-state index contributed by atoms with van der Waals surface area (Å²) in [5.74, 6) is 0. The van der Waals surface area contributed by atoms with Crippen LogP contribution in [-0.4, -0.2) is 9.38 Å². The van der Waals surface area contributed by atoms with E-state index in [1.807, 2.05) is 6.07 Å². The van der Waals surface area contributed by atoms with Crippen LogP contribution in [0, 0.1) is 20.8 Å². The first-order chi connectivity index (χ1) is 12.1. The molecule has 0 aliphatic carbocycles. The van der Waals surface area contributed by atoms with Gasteiger partial charge >= 0.3 is 0 Å². The number of benzene rings is 2. The number of aromatic nitrogens is 2. The third-order valence-corrected chi connectivity index (χ3v) is 5.62. The van der Waals surface area contributed by atoms with Crippen LogP contribution in [0.1, 0.15) is 22.4 Å². The first-order valence-electron chi connectivity index (χ1n) is 8.43. The third kappa shape index (κ3) is 2.68. The van der Waals surface area contributed by atoms with Gasteiger partial charge in [-0.15, -0.1) is 0 Å². The zero-order chi connectivity index (χ0) is 17.6. The Labute approximate surface area is 151 Å². The molecule has 0 atom stereocenters. The van der Waals surface area contributed by atoms with Crippen molar-refractivity contribution < 1.29 is 0 Å². The maximum absolute atomic E-state index is 6.12. The molecule has 2 N–H and O–H groups in total. The Bertz CT molecular complexity index is 1030. The molecule has 0 aliphatic heterocycles. The fraction of sp³-hybridized carbons (Fsp3) is 0.190. The minimum atomic E-state index is 0.466. The van der Waals surface area contributed by atoms with Crippen molar-refractivity contribution in [3.05, 3.63) is 71.0 Å². The molecule has 0 bridgehead atoms. The second-order valence-corrected chi connectivity index (χ2v) is 7.51. The van der Waals surface area contributed by atoms with Gasteiger partial charge in [-0.05, 0) is 37.5 Å². The Kier molecular flexibility index (Phi) is 3.94. The van der Waals surface area contributed by atoms with Gasteiger partial charge in [0.05, 0.1) is 16.3 Å². The van der Waals surface area contributed by atoms with Gasteiger partial charge in [-0.25, -0.2) is 4.98 Å². The van der Waals surface area contributed by atoms with Crippen molar-refractivity contribution in [2.45, 2.75) is 27.3 Å². The molecule has 4 rings (SSSR count). The molecule has 4 heteroatoms. The zero-order valence-corrected chi connectivity index (χ0v) is 15.5. The molecule has 0 amide bonds. The maximum Gasteiger partial charge on any atom is 0.195 e. The van der Waals surface area contributed by atoms with Gasteiger partial charge in [-0.3, -0.25) is 4.40 Å². The van der Waals surface area contributed by atoms with E-state index >= 15 is 0 Å². The number of nitrogens with zero attached hydrogens (tertiary/aromatic N) is 2. The maximum atomic E-state index is 6.12. The van der Waals surface area contributed by atoms with Crippen LogP contribution >= 0.6 is 11.3 Å². The van der Waals surface area contributed by atoms with E-state index in [1.54, 1.807) is 11.3 Å².